The summed E-state index contributed by atoms with van der Waals surface area (Å²) in [4.78, 5) is 47.2. The Balaban J connectivity index is 1.64. The van der Waals surface area contributed by atoms with Gasteiger partial charge in [0.15, 0.2) is 0 Å². The van der Waals surface area contributed by atoms with Gasteiger partial charge in [-0.05, 0) is 49.9 Å². The van der Waals surface area contributed by atoms with Crippen LogP contribution in [0.2, 0.25) is 0 Å². The first-order chi connectivity index (χ1) is 18.5. The lowest BCUT2D eigenvalue weighted by Gasteiger charge is -2.46. The fourth-order valence-electron chi connectivity index (χ4n) is 5.06. The number of halogens is 1. The number of nitrogens with zero attached hydrogens (tertiary/aromatic N) is 5. The van der Waals surface area contributed by atoms with E-state index in [1.807, 2.05) is 6.92 Å². The topological polar surface area (TPSA) is 126 Å². The molecule has 2 aromatic heterocycles. The van der Waals surface area contributed by atoms with E-state index in [0.717, 1.165) is 10.5 Å². The van der Waals surface area contributed by atoms with Crippen LogP contribution in [0.4, 0.5) is 20.7 Å². The summed E-state index contributed by atoms with van der Waals surface area (Å²) in [5, 5.41) is 6.93. The van der Waals surface area contributed by atoms with Crippen molar-refractivity contribution in [2.45, 2.75) is 52.1 Å². The Bertz CT molecular complexity index is 1390. The van der Waals surface area contributed by atoms with Gasteiger partial charge in [0, 0.05) is 31.5 Å². The van der Waals surface area contributed by atoms with Crippen molar-refractivity contribution in [3.05, 3.63) is 70.9 Å². The number of carbonyl (C=O) groups is 3. The maximum atomic E-state index is 15.0. The van der Waals surface area contributed by atoms with E-state index in [1.54, 1.807) is 69.2 Å². The molecule has 39 heavy (non-hydrogen) atoms. The predicted octanol–water partition coefficient (Wildman–Crippen LogP) is 3.44. The Morgan fingerprint density at radius 3 is 2.64 bits per heavy atom. The number of imide groups is 1. The summed E-state index contributed by atoms with van der Waals surface area (Å²) in [6, 6.07) is 6.00. The highest BCUT2D eigenvalue weighted by molar-refractivity contribution is 6.12. The van der Waals surface area contributed by atoms with Crippen LogP contribution in [-0.4, -0.2) is 50.6 Å². The molecule has 0 aliphatic carbocycles. The van der Waals surface area contributed by atoms with Crippen LogP contribution in [0.3, 0.4) is 0 Å². The summed E-state index contributed by atoms with van der Waals surface area (Å²) in [7, 11) is 3.30. The molecule has 0 bridgehead atoms. The molecule has 1 aliphatic rings. The van der Waals surface area contributed by atoms with Crippen LogP contribution < -0.4 is 16.0 Å². The van der Waals surface area contributed by atoms with Gasteiger partial charge in [-0.25, -0.2) is 14.2 Å². The minimum atomic E-state index is -1.07. The number of hydrogen-bond donors (Lipinski definition) is 2. The Kier molecular flexibility index (Phi) is 7.98. The van der Waals surface area contributed by atoms with E-state index in [1.165, 1.54) is 11.1 Å². The molecule has 0 radical (unpaired) electrons. The Morgan fingerprint density at radius 1 is 1.26 bits per heavy atom. The number of β-lactam (4-membered cyclic amide) rings is 1. The number of likely N-dealkylation sites (N-methyl/N-ethyl adjacent to an activating group) is 1. The average Bonchev–Trinajstić information content (AvgIpc) is 3.31. The van der Waals surface area contributed by atoms with E-state index in [-0.39, 0.29) is 6.42 Å². The molecule has 0 spiro atoms. The van der Waals surface area contributed by atoms with Crippen molar-refractivity contribution in [1.82, 2.24) is 25.0 Å². The standard InChI is InChI=1S/C28H34FN7O3/c1-6-8-22(20-10-7-9-16(2)24(20)29)33-28(39)36-25(27(38)35(5)19-14-31-34(4)15-19)21(26(36)37)12-18-11-17(3)32-23(30)13-18/h7,9-11,13-15,21-22,25H,6,8,12H2,1-5H3,(H2,30,32)(H,33,39)/t21-,22-,25+/m1/s1. The van der Waals surface area contributed by atoms with Crippen molar-refractivity contribution in [2.24, 2.45) is 13.0 Å². The molecule has 3 heterocycles. The van der Waals surface area contributed by atoms with Gasteiger partial charge < -0.3 is 16.0 Å². The molecule has 1 aromatic carbocycles. The molecule has 0 unspecified atom stereocenters. The molecule has 0 saturated carbocycles. The third-order valence-corrected chi connectivity index (χ3v) is 7.06. The zero-order valence-corrected chi connectivity index (χ0v) is 22.8. The number of pyridine rings is 1. The molecule has 10 nitrogen and oxygen atoms in total. The second-order valence-electron chi connectivity index (χ2n) is 10.0. The second-order valence-corrected chi connectivity index (χ2v) is 10.0. The Morgan fingerprint density at radius 2 is 2.00 bits per heavy atom. The highest BCUT2D eigenvalue weighted by atomic mass is 19.1. The molecule has 1 fully saturated rings. The lowest BCUT2D eigenvalue weighted by atomic mass is 9.81. The number of aromatic nitrogens is 3. The van der Waals surface area contributed by atoms with Gasteiger partial charge in [-0.15, -0.1) is 0 Å². The number of nitrogens with two attached hydrogens (primary N) is 1. The molecule has 4 rings (SSSR count). The summed E-state index contributed by atoms with van der Waals surface area (Å²) in [6.45, 7) is 5.37. The van der Waals surface area contributed by atoms with E-state index in [4.69, 9.17) is 5.73 Å². The highest BCUT2D eigenvalue weighted by Crippen LogP contribution is 2.34. The fraction of sp³-hybridized carbons (Fsp3) is 0.393. The molecule has 4 amide bonds. The highest BCUT2D eigenvalue weighted by Gasteiger charge is 2.55. The molecule has 11 heteroatoms. The van der Waals surface area contributed by atoms with Gasteiger partial charge in [-0.1, -0.05) is 31.5 Å². The summed E-state index contributed by atoms with van der Waals surface area (Å²) < 4.78 is 16.5. The second kappa shape index (κ2) is 11.2. The van der Waals surface area contributed by atoms with Crippen LogP contribution in [0.5, 0.6) is 0 Å². The number of urea groups is 1. The van der Waals surface area contributed by atoms with Crippen molar-refractivity contribution in [3.63, 3.8) is 0 Å². The summed E-state index contributed by atoms with van der Waals surface area (Å²) in [5.41, 5.74) is 8.65. The predicted molar refractivity (Wildman–Crippen MR) is 145 cm³/mol. The van der Waals surface area contributed by atoms with Gasteiger partial charge in [0.05, 0.1) is 23.8 Å². The first kappa shape index (κ1) is 27.7. The molecule has 1 saturated heterocycles. The number of nitrogens with one attached hydrogen (secondary N) is 1. The summed E-state index contributed by atoms with van der Waals surface area (Å²) in [5.74, 6) is -1.81. The number of carbonyl (C=O) groups excluding carboxylic acids is 3. The van der Waals surface area contributed by atoms with Gasteiger partial charge in [-0.3, -0.25) is 19.2 Å². The van der Waals surface area contributed by atoms with E-state index in [2.05, 4.69) is 15.4 Å². The number of nitrogen functional groups attached to an aromatic ring is 1. The van der Waals surface area contributed by atoms with Crippen LogP contribution >= 0.6 is 0 Å². The van der Waals surface area contributed by atoms with Crippen LogP contribution in [0, 0.1) is 25.6 Å². The minimum absolute atomic E-state index is 0.207. The van der Waals surface area contributed by atoms with Crippen molar-refractivity contribution < 1.29 is 18.8 Å². The van der Waals surface area contributed by atoms with E-state index in [0.29, 0.717) is 41.2 Å². The first-order valence-electron chi connectivity index (χ1n) is 12.9. The van der Waals surface area contributed by atoms with Crippen LogP contribution in [0.25, 0.3) is 0 Å². The third kappa shape index (κ3) is 5.62. The number of rotatable bonds is 8. The normalized spacial score (nSPS) is 17.5. The molecule has 206 valence electrons. The van der Waals surface area contributed by atoms with Gasteiger partial charge in [0.1, 0.15) is 17.7 Å². The number of hydrogen-bond acceptors (Lipinski definition) is 6. The quantitative estimate of drug-likeness (QED) is 0.426. The van der Waals surface area contributed by atoms with E-state index < -0.39 is 41.7 Å². The maximum Gasteiger partial charge on any atom is 0.325 e. The van der Waals surface area contributed by atoms with Crippen LogP contribution in [0.15, 0.2) is 42.7 Å². The van der Waals surface area contributed by atoms with Gasteiger partial charge in [0.25, 0.3) is 5.91 Å². The third-order valence-electron chi connectivity index (χ3n) is 7.06. The van der Waals surface area contributed by atoms with Crippen molar-refractivity contribution in [2.75, 3.05) is 17.7 Å². The maximum absolute atomic E-state index is 15.0. The molecule has 1 aliphatic heterocycles. The van der Waals surface area contributed by atoms with Crippen molar-refractivity contribution >= 4 is 29.4 Å². The monoisotopic (exact) mass is 535 g/mol. The molecular weight excluding hydrogens is 501 g/mol. The average molecular weight is 536 g/mol. The van der Waals surface area contributed by atoms with E-state index in [9.17, 15) is 18.8 Å². The SMILES string of the molecule is CCC[C@@H](NC(=O)N1C(=O)[C@H](Cc2cc(C)nc(N)c2)[C@H]1C(=O)N(C)c1cnn(C)c1)c1cccc(C)c1F. The van der Waals surface area contributed by atoms with Gasteiger partial charge in [0.2, 0.25) is 5.91 Å². The summed E-state index contributed by atoms with van der Waals surface area (Å²) >= 11 is 0. The minimum Gasteiger partial charge on any atom is -0.384 e. The summed E-state index contributed by atoms with van der Waals surface area (Å²) in [6.07, 6.45) is 4.54. The number of likely N-dealkylation sites (tertiary alicyclic amines) is 1. The smallest absolute Gasteiger partial charge is 0.325 e. The number of benzene rings is 1. The first-order valence-corrected chi connectivity index (χ1v) is 12.9. The Labute approximate surface area is 227 Å². The zero-order valence-electron chi connectivity index (χ0n) is 22.8. The van der Waals surface area contributed by atoms with Gasteiger partial charge >= 0.3 is 6.03 Å². The Hall–Kier alpha value is -4.28. The van der Waals surface area contributed by atoms with Crippen LogP contribution in [0.1, 0.15) is 48.2 Å². The molecule has 3 N–H and O–H groups in total. The lowest BCUT2D eigenvalue weighted by Crippen LogP contribution is -2.70. The number of aryl methyl sites for hydroxylation is 3. The lowest BCUT2D eigenvalue weighted by molar-refractivity contribution is -0.156. The van der Waals surface area contributed by atoms with Crippen molar-refractivity contribution in [3.8, 4) is 0 Å². The van der Waals surface area contributed by atoms with E-state index >= 15 is 0 Å². The molecule has 3 atom stereocenters. The zero-order chi connectivity index (χ0) is 28.4. The van der Waals surface area contributed by atoms with Crippen LogP contribution in [-0.2, 0) is 23.1 Å². The molecule has 3 aromatic rings. The fourth-order valence-corrected chi connectivity index (χ4v) is 5.06. The number of amides is 4. The van der Waals surface area contributed by atoms with Crippen molar-refractivity contribution in [1.29, 1.82) is 0 Å². The number of anilines is 2. The van der Waals surface area contributed by atoms with Gasteiger partial charge in [-0.2, -0.15) is 5.10 Å². The largest absolute Gasteiger partial charge is 0.384 e. The molecular formula is C28H34FN7O3.